The maximum atomic E-state index is 12.0. The summed E-state index contributed by atoms with van der Waals surface area (Å²) >= 11 is 3.40. The Labute approximate surface area is 147 Å². The third-order valence-electron chi connectivity index (χ3n) is 4.47. The zero-order valence-electron chi connectivity index (χ0n) is 13.1. The Hall–Kier alpha value is -1.86. The Morgan fingerprint density at radius 3 is 2.50 bits per heavy atom. The van der Waals surface area contributed by atoms with Gasteiger partial charge in [0.05, 0.1) is 5.52 Å². The van der Waals surface area contributed by atoms with Crippen LogP contribution in [0.3, 0.4) is 0 Å². The summed E-state index contributed by atoms with van der Waals surface area (Å²) < 4.78 is 2.44. The predicted octanol–water partition coefficient (Wildman–Crippen LogP) is 3.10. The summed E-state index contributed by atoms with van der Waals surface area (Å²) in [5.41, 5.74) is 1.39. The molecule has 0 spiro atoms. The third-order valence-corrected chi connectivity index (χ3v) is 4.96. The first kappa shape index (κ1) is 17.0. The highest BCUT2D eigenvalue weighted by molar-refractivity contribution is 9.10. The summed E-state index contributed by atoms with van der Waals surface area (Å²) in [7, 11) is 0. The number of aromatic nitrogens is 1. The number of rotatable bonds is 5. The molecule has 2 N–H and O–H groups in total. The molecule has 6 nitrogen and oxygen atoms in total. The number of aliphatic carboxylic acids is 2. The quantitative estimate of drug-likeness (QED) is 0.813. The van der Waals surface area contributed by atoms with Crippen molar-refractivity contribution < 1.29 is 19.8 Å². The molecule has 0 unspecified atom stereocenters. The molecular weight excluding hydrogens is 376 g/mol. The van der Waals surface area contributed by atoms with Crippen LogP contribution in [0.2, 0.25) is 0 Å². The molecule has 1 saturated heterocycles. The summed E-state index contributed by atoms with van der Waals surface area (Å²) in [4.78, 5) is 25.1. The number of hydrogen-bond acceptors (Lipinski definition) is 3. The highest BCUT2D eigenvalue weighted by Gasteiger charge is 2.31. The molecule has 0 radical (unpaired) electrons. The second-order valence-electron chi connectivity index (χ2n) is 6.10. The monoisotopic (exact) mass is 394 g/mol. The Balaban J connectivity index is 2.12. The predicted molar refractivity (Wildman–Crippen MR) is 93.1 cm³/mol. The lowest BCUT2D eigenvalue weighted by Gasteiger charge is -2.31. The molecule has 1 fully saturated rings. The zero-order chi connectivity index (χ0) is 17.3. The van der Waals surface area contributed by atoms with Crippen LogP contribution in [-0.2, 0) is 16.1 Å². The number of nitrogens with zero attached hydrogens (tertiary/aromatic N) is 2. The van der Waals surface area contributed by atoms with Gasteiger partial charge in [0.2, 0.25) is 0 Å². The van der Waals surface area contributed by atoms with Crippen molar-refractivity contribution in [1.29, 1.82) is 0 Å². The van der Waals surface area contributed by atoms with Gasteiger partial charge in [0, 0.05) is 21.6 Å². The first-order valence-corrected chi connectivity index (χ1v) is 8.73. The molecule has 0 amide bonds. The molecule has 2 aromatic rings. The van der Waals surface area contributed by atoms with Crippen LogP contribution in [0.1, 0.15) is 30.9 Å². The first-order valence-electron chi connectivity index (χ1n) is 7.94. The van der Waals surface area contributed by atoms with E-state index in [1.165, 1.54) is 0 Å². The molecular formula is C17H19BrN2O4. The highest BCUT2D eigenvalue weighted by atomic mass is 79.9. The molecule has 1 aliphatic rings. The fourth-order valence-corrected chi connectivity index (χ4v) is 3.80. The number of carbonyl (C=O) groups is 2. The SMILES string of the molecule is O=C(O)Cn1cc([C@H](C(=O)O)N2CCCCC2)c2ccc(Br)cc21. The molecule has 0 bridgehead atoms. The van der Waals surface area contributed by atoms with Crippen molar-refractivity contribution >= 4 is 38.8 Å². The fourth-order valence-electron chi connectivity index (χ4n) is 3.45. The van der Waals surface area contributed by atoms with E-state index < -0.39 is 18.0 Å². The van der Waals surface area contributed by atoms with Crippen molar-refractivity contribution in [3.05, 3.63) is 34.4 Å². The third kappa shape index (κ3) is 3.32. The second-order valence-corrected chi connectivity index (χ2v) is 7.02. The number of piperidine rings is 1. The largest absolute Gasteiger partial charge is 0.480 e. The van der Waals surface area contributed by atoms with Crippen molar-refractivity contribution in [1.82, 2.24) is 9.47 Å². The summed E-state index contributed by atoms with van der Waals surface area (Å²) in [6.45, 7) is 1.30. The Bertz CT molecular complexity index is 780. The van der Waals surface area contributed by atoms with E-state index in [9.17, 15) is 14.7 Å². The van der Waals surface area contributed by atoms with Gasteiger partial charge in [0.15, 0.2) is 0 Å². The van der Waals surface area contributed by atoms with E-state index in [1.54, 1.807) is 10.8 Å². The van der Waals surface area contributed by atoms with Gasteiger partial charge in [0.1, 0.15) is 12.6 Å². The molecule has 0 aliphatic carbocycles. The maximum absolute atomic E-state index is 12.0. The first-order chi connectivity index (χ1) is 11.5. The number of likely N-dealkylation sites (tertiary alicyclic amines) is 1. The summed E-state index contributed by atoms with van der Waals surface area (Å²) in [6.07, 6.45) is 4.78. The lowest BCUT2D eigenvalue weighted by atomic mass is 10.0. The molecule has 1 aromatic heterocycles. The lowest BCUT2D eigenvalue weighted by molar-refractivity contribution is -0.144. The van der Waals surface area contributed by atoms with Gasteiger partial charge in [0.25, 0.3) is 0 Å². The number of fused-ring (bicyclic) bond motifs is 1. The number of carboxylic acid groups (broad SMARTS) is 2. The Morgan fingerprint density at radius 1 is 1.17 bits per heavy atom. The topological polar surface area (TPSA) is 82.8 Å². The van der Waals surface area contributed by atoms with Gasteiger partial charge in [-0.1, -0.05) is 28.4 Å². The van der Waals surface area contributed by atoms with Crippen LogP contribution in [0, 0.1) is 0 Å². The minimum absolute atomic E-state index is 0.195. The van der Waals surface area contributed by atoms with Gasteiger partial charge in [-0.05, 0) is 38.1 Å². The molecule has 7 heteroatoms. The van der Waals surface area contributed by atoms with Crippen LogP contribution in [0.5, 0.6) is 0 Å². The number of carboxylic acids is 2. The van der Waals surface area contributed by atoms with Crippen LogP contribution in [-0.4, -0.2) is 44.7 Å². The number of halogens is 1. The minimum Gasteiger partial charge on any atom is -0.480 e. The molecule has 1 aromatic carbocycles. The maximum Gasteiger partial charge on any atom is 0.325 e. The molecule has 128 valence electrons. The van der Waals surface area contributed by atoms with E-state index in [1.807, 2.05) is 23.1 Å². The van der Waals surface area contributed by atoms with E-state index >= 15 is 0 Å². The van der Waals surface area contributed by atoms with Crippen molar-refractivity contribution in [3.8, 4) is 0 Å². The van der Waals surface area contributed by atoms with E-state index in [0.29, 0.717) is 5.56 Å². The van der Waals surface area contributed by atoms with Crippen LogP contribution >= 0.6 is 15.9 Å². The summed E-state index contributed by atoms with van der Waals surface area (Å²) in [6, 6.07) is 4.79. The summed E-state index contributed by atoms with van der Waals surface area (Å²) in [5.74, 6) is -1.85. The molecule has 1 aliphatic heterocycles. The lowest BCUT2D eigenvalue weighted by Crippen LogP contribution is -2.37. The smallest absolute Gasteiger partial charge is 0.325 e. The minimum atomic E-state index is -0.955. The van der Waals surface area contributed by atoms with Crippen LogP contribution in [0.15, 0.2) is 28.9 Å². The van der Waals surface area contributed by atoms with Gasteiger partial charge in [-0.15, -0.1) is 0 Å². The van der Waals surface area contributed by atoms with Crippen molar-refractivity contribution in [2.24, 2.45) is 0 Å². The zero-order valence-corrected chi connectivity index (χ0v) is 14.7. The molecule has 24 heavy (non-hydrogen) atoms. The molecule has 1 atom stereocenters. The highest BCUT2D eigenvalue weighted by Crippen LogP contribution is 2.33. The number of hydrogen-bond donors (Lipinski definition) is 2. The van der Waals surface area contributed by atoms with Crippen molar-refractivity contribution in [2.45, 2.75) is 31.8 Å². The standard InChI is InChI=1S/C17H19BrN2O4/c18-11-4-5-12-13(9-20(10-15(21)22)14(12)8-11)16(17(23)24)19-6-2-1-3-7-19/h4-5,8-9,16H,1-3,6-7,10H2,(H,21,22)(H,23,24)/t16-/m1/s1. The second kappa shape index (κ2) is 6.94. The van der Waals surface area contributed by atoms with Gasteiger partial charge < -0.3 is 14.8 Å². The van der Waals surface area contributed by atoms with E-state index in [0.717, 1.165) is 47.7 Å². The van der Waals surface area contributed by atoms with E-state index in [2.05, 4.69) is 15.9 Å². The normalized spacial score (nSPS) is 17.0. The van der Waals surface area contributed by atoms with Crippen LogP contribution < -0.4 is 0 Å². The Morgan fingerprint density at radius 2 is 1.88 bits per heavy atom. The molecule has 3 rings (SSSR count). The van der Waals surface area contributed by atoms with E-state index in [4.69, 9.17) is 5.11 Å². The average Bonchev–Trinajstić information content (AvgIpc) is 2.85. The van der Waals surface area contributed by atoms with Gasteiger partial charge in [-0.3, -0.25) is 14.5 Å². The molecule has 0 saturated carbocycles. The Kier molecular flexibility index (Phi) is 4.91. The average molecular weight is 395 g/mol. The fraction of sp³-hybridized carbons (Fsp3) is 0.412. The van der Waals surface area contributed by atoms with E-state index in [-0.39, 0.29) is 6.54 Å². The van der Waals surface area contributed by atoms with Gasteiger partial charge >= 0.3 is 11.9 Å². The van der Waals surface area contributed by atoms with Crippen LogP contribution in [0.4, 0.5) is 0 Å². The van der Waals surface area contributed by atoms with Crippen molar-refractivity contribution in [2.75, 3.05) is 13.1 Å². The van der Waals surface area contributed by atoms with Crippen LogP contribution in [0.25, 0.3) is 10.9 Å². The van der Waals surface area contributed by atoms with Gasteiger partial charge in [-0.2, -0.15) is 0 Å². The van der Waals surface area contributed by atoms with Crippen molar-refractivity contribution in [3.63, 3.8) is 0 Å². The summed E-state index contributed by atoms with van der Waals surface area (Å²) in [5, 5.41) is 19.7. The van der Waals surface area contributed by atoms with Gasteiger partial charge in [-0.25, -0.2) is 0 Å². The number of benzene rings is 1. The molecule has 2 heterocycles.